The van der Waals surface area contributed by atoms with E-state index in [2.05, 4.69) is 6.92 Å². The van der Waals surface area contributed by atoms with E-state index in [1.807, 2.05) is 12.1 Å². The Morgan fingerprint density at radius 2 is 1.80 bits per heavy atom. The van der Waals surface area contributed by atoms with Crippen LogP contribution in [0.15, 0.2) is 35.2 Å². The first kappa shape index (κ1) is 13.1. The summed E-state index contributed by atoms with van der Waals surface area (Å²) in [6, 6.07) is 8.89. The molecule has 0 spiro atoms. The van der Waals surface area contributed by atoms with Gasteiger partial charge in [-0.1, -0.05) is 19.1 Å². The van der Waals surface area contributed by atoms with E-state index >= 15 is 0 Å². The molecule has 0 radical (unpaired) electrons. The van der Waals surface area contributed by atoms with Crippen molar-refractivity contribution >= 4 is 34.3 Å². The average molecular weight is 287 g/mol. The second kappa shape index (κ2) is 4.92. The van der Waals surface area contributed by atoms with Gasteiger partial charge in [0.15, 0.2) is 0 Å². The second-order valence-corrected chi connectivity index (χ2v) is 5.75. The minimum absolute atomic E-state index is 0.190. The highest BCUT2D eigenvalue weighted by molar-refractivity contribution is 7.99. The summed E-state index contributed by atoms with van der Waals surface area (Å²) in [5.41, 5.74) is 0.747. The average Bonchev–Trinajstić information content (AvgIpc) is 2.48. The number of carbonyl (C=O) groups is 2. The second-order valence-electron chi connectivity index (χ2n) is 4.61. The van der Waals surface area contributed by atoms with E-state index in [1.54, 1.807) is 30.0 Å². The van der Waals surface area contributed by atoms with Crippen molar-refractivity contribution in [1.29, 1.82) is 0 Å². The summed E-state index contributed by atoms with van der Waals surface area (Å²) < 4.78 is 0. The first-order valence-corrected chi connectivity index (χ1v) is 7.40. The van der Waals surface area contributed by atoms with E-state index in [0.717, 1.165) is 22.5 Å². The summed E-state index contributed by atoms with van der Waals surface area (Å²) in [6.07, 6.45) is 1.05. The van der Waals surface area contributed by atoms with Crippen LogP contribution in [-0.4, -0.2) is 27.8 Å². The van der Waals surface area contributed by atoms with Crippen LogP contribution in [-0.2, 0) is 0 Å². The number of nitrogens with zero attached hydrogens (tertiary/aromatic N) is 1. The van der Waals surface area contributed by atoms with Crippen LogP contribution in [0.1, 0.15) is 34.1 Å². The number of benzene rings is 2. The zero-order valence-corrected chi connectivity index (χ0v) is 11.7. The first-order chi connectivity index (χ1) is 9.65. The number of hydrogen-bond donors (Lipinski definition) is 1. The van der Waals surface area contributed by atoms with Crippen molar-refractivity contribution in [3.63, 3.8) is 0 Å². The van der Waals surface area contributed by atoms with Crippen LogP contribution in [0.3, 0.4) is 0 Å². The zero-order chi connectivity index (χ0) is 14.3. The molecule has 0 aromatic heterocycles. The smallest absolute Gasteiger partial charge is 0.278 e. The molecule has 1 heterocycles. The predicted molar refractivity (Wildman–Crippen MR) is 77.2 cm³/mol. The van der Waals surface area contributed by atoms with Gasteiger partial charge in [-0.05, 0) is 35.8 Å². The molecule has 0 aliphatic carbocycles. The lowest BCUT2D eigenvalue weighted by Gasteiger charge is -2.22. The van der Waals surface area contributed by atoms with Gasteiger partial charge in [0.25, 0.3) is 11.8 Å². The third-order valence-corrected chi connectivity index (χ3v) is 4.59. The van der Waals surface area contributed by atoms with Gasteiger partial charge >= 0.3 is 0 Å². The number of hydrogen-bond acceptors (Lipinski definition) is 4. The quantitative estimate of drug-likeness (QED) is 0.534. The Bertz CT molecular complexity index is 704. The van der Waals surface area contributed by atoms with E-state index in [0.29, 0.717) is 16.5 Å². The molecule has 0 bridgehead atoms. The summed E-state index contributed by atoms with van der Waals surface area (Å²) in [5.74, 6) is -0.344. The van der Waals surface area contributed by atoms with E-state index in [1.165, 1.54) is 0 Å². The molecule has 1 N–H and O–H groups in total. The molecule has 4 nitrogen and oxygen atoms in total. The molecule has 1 aliphatic heterocycles. The van der Waals surface area contributed by atoms with Gasteiger partial charge in [0, 0.05) is 10.3 Å². The topological polar surface area (TPSA) is 57.6 Å². The maximum Gasteiger partial charge on any atom is 0.285 e. The van der Waals surface area contributed by atoms with E-state index in [-0.39, 0.29) is 5.06 Å². The van der Waals surface area contributed by atoms with Crippen LogP contribution in [0.4, 0.5) is 0 Å². The minimum Gasteiger partial charge on any atom is -0.278 e. The molecule has 3 rings (SSSR count). The molecule has 0 atom stereocenters. The summed E-state index contributed by atoms with van der Waals surface area (Å²) in [6.45, 7) is 2.11. The van der Waals surface area contributed by atoms with Crippen molar-refractivity contribution in [2.75, 3.05) is 5.75 Å². The molecule has 1 aliphatic rings. The highest BCUT2D eigenvalue weighted by atomic mass is 32.2. The number of thioether (sulfide) groups is 1. The van der Waals surface area contributed by atoms with Crippen LogP contribution in [0.2, 0.25) is 0 Å². The Labute approximate surface area is 120 Å². The van der Waals surface area contributed by atoms with Crippen LogP contribution in [0.5, 0.6) is 0 Å². The molecular formula is C15H13NO3S. The van der Waals surface area contributed by atoms with Gasteiger partial charge in [0.1, 0.15) is 0 Å². The van der Waals surface area contributed by atoms with E-state index in [9.17, 15) is 14.8 Å². The summed E-state index contributed by atoms with van der Waals surface area (Å²) in [4.78, 5) is 25.0. The van der Waals surface area contributed by atoms with Gasteiger partial charge in [-0.2, -0.15) is 0 Å². The number of imide groups is 1. The van der Waals surface area contributed by atoms with Crippen LogP contribution >= 0.6 is 11.8 Å². The molecule has 2 aromatic carbocycles. The summed E-state index contributed by atoms with van der Waals surface area (Å²) in [5, 5.41) is 11.3. The first-order valence-electron chi connectivity index (χ1n) is 6.41. The van der Waals surface area contributed by atoms with Crippen LogP contribution in [0, 0.1) is 0 Å². The van der Waals surface area contributed by atoms with E-state index in [4.69, 9.17) is 0 Å². The van der Waals surface area contributed by atoms with Crippen LogP contribution < -0.4 is 0 Å². The van der Waals surface area contributed by atoms with Gasteiger partial charge in [0.2, 0.25) is 0 Å². The van der Waals surface area contributed by atoms with Gasteiger partial charge in [-0.25, -0.2) is 0 Å². The molecular weight excluding hydrogens is 274 g/mol. The predicted octanol–water partition coefficient (Wildman–Crippen LogP) is 3.33. The Kier molecular flexibility index (Phi) is 3.23. The Morgan fingerprint density at radius 3 is 2.50 bits per heavy atom. The van der Waals surface area contributed by atoms with Gasteiger partial charge in [-0.15, -0.1) is 16.8 Å². The van der Waals surface area contributed by atoms with Gasteiger partial charge < -0.3 is 0 Å². The minimum atomic E-state index is -0.661. The lowest BCUT2D eigenvalue weighted by Crippen LogP contribution is -2.37. The van der Waals surface area contributed by atoms with Crippen molar-refractivity contribution in [3.05, 3.63) is 41.5 Å². The lowest BCUT2D eigenvalue weighted by atomic mass is 9.95. The molecule has 0 unspecified atom stereocenters. The van der Waals surface area contributed by atoms with Crippen molar-refractivity contribution in [2.45, 2.75) is 18.2 Å². The Balaban J connectivity index is 2.29. The molecule has 5 heteroatoms. The third-order valence-electron chi connectivity index (χ3n) is 3.31. The van der Waals surface area contributed by atoms with Crippen molar-refractivity contribution < 1.29 is 14.8 Å². The SMILES string of the molecule is CCCSc1ccc2c3c(cccc13)C(=O)N(O)C2=O. The van der Waals surface area contributed by atoms with Crippen molar-refractivity contribution in [1.82, 2.24) is 5.06 Å². The number of rotatable bonds is 3. The van der Waals surface area contributed by atoms with Gasteiger partial charge in [0.05, 0.1) is 11.1 Å². The molecule has 0 fully saturated rings. The zero-order valence-electron chi connectivity index (χ0n) is 10.9. The molecule has 20 heavy (non-hydrogen) atoms. The molecule has 2 amide bonds. The standard InChI is InChI=1S/C15H13NO3S/c1-2-8-20-12-7-6-11-13-9(12)4-3-5-10(13)14(17)16(19)15(11)18/h3-7,19H,2,8H2,1H3. The largest absolute Gasteiger partial charge is 0.285 e. The van der Waals surface area contributed by atoms with Crippen molar-refractivity contribution in [2.24, 2.45) is 0 Å². The summed E-state index contributed by atoms with van der Waals surface area (Å²) in [7, 11) is 0. The Hall–Kier alpha value is -1.85. The van der Waals surface area contributed by atoms with Crippen molar-refractivity contribution in [3.8, 4) is 0 Å². The monoisotopic (exact) mass is 287 g/mol. The summed E-state index contributed by atoms with van der Waals surface area (Å²) >= 11 is 1.71. The van der Waals surface area contributed by atoms with Gasteiger partial charge in [-0.3, -0.25) is 14.8 Å². The maximum absolute atomic E-state index is 12.0. The number of carbonyl (C=O) groups excluding carboxylic acids is 2. The fourth-order valence-corrected chi connectivity index (χ4v) is 3.31. The molecule has 0 saturated carbocycles. The molecule has 0 saturated heterocycles. The Morgan fingerprint density at radius 1 is 1.10 bits per heavy atom. The van der Waals surface area contributed by atoms with Crippen LogP contribution in [0.25, 0.3) is 10.8 Å². The highest BCUT2D eigenvalue weighted by Gasteiger charge is 2.32. The third kappa shape index (κ3) is 1.82. The highest BCUT2D eigenvalue weighted by Crippen LogP contribution is 2.35. The number of amides is 2. The fourth-order valence-electron chi connectivity index (χ4n) is 2.39. The normalized spacial score (nSPS) is 14.2. The maximum atomic E-state index is 12.0. The van der Waals surface area contributed by atoms with E-state index < -0.39 is 11.8 Å². The number of hydroxylamine groups is 2. The molecule has 2 aromatic rings. The fraction of sp³-hybridized carbons (Fsp3) is 0.200. The molecule has 102 valence electrons. The lowest BCUT2D eigenvalue weighted by molar-refractivity contribution is -0.0377.